The highest BCUT2D eigenvalue weighted by Gasteiger charge is 2.35. The molecule has 1 aliphatic heterocycles. The first-order chi connectivity index (χ1) is 10.9. The Kier molecular flexibility index (Phi) is 3.23. The monoisotopic (exact) mass is 333 g/mol. The van der Waals surface area contributed by atoms with Gasteiger partial charge in [0.1, 0.15) is 11.6 Å². The van der Waals surface area contributed by atoms with Crippen LogP contribution in [0, 0.1) is 21.4 Å². The van der Waals surface area contributed by atoms with Crippen molar-refractivity contribution in [1.82, 2.24) is 9.97 Å². The predicted octanol–water partition coefficient (Wildman–Crippen LogP) is 0.251. The number of fused-ring (bicyclic) bond motifs is 1. The van der Waals surface area contributed by atoms with Crippen molar-refractivity contribution in [3.05, 3.63) is 65.0 Å². The molecule has 11 heteroatoms. The van der Waals surface area contributed by atoms with Gasteiger partial charge in [0.2, 0.25) is 11.8 Å². The highest BCUT2D eigenvalue weighted by Crippen LogP contribution is 2.42. The molecule has 2 aromatic rings. The van der Waals surface area contributed by atoms with E-state index in [0.29, 0.717) is 4.88 Å². The number of thiophene rings is 1. The molecule has 3 rings (SSSR count). The fourth-order valence-corrected chi connectivity index (χ4v) is 3.21. The van der Waals surface area contributed by atoms with E-state index in [0.717, 1.165) is 11.3 Å². The lowest BCUT2D eigenvalue weighted by atomic mass is 9.90. The number of nitrogens with zero attached hydrogens (tertiary/aromatic N) is 2. The molecule has 0 amide bonds. The molecule has 4 N–H and O–H groups in total. The van der Waals surface area contributed by atoms with Crippen LogP contribution in [0.15, 0.2) is 33.2 Å². The number of nitriles is 1. The number of nitrogens with two attached hydrogens (primary N) is 1. The van der Waals surface area contributed by atoms with Crippen LogP contribution in [0.2, 0.25) is 0 Å². The van der Waals surface area contributed by atoms with E-state index in [-0.39, 0.29) is 27.9 Å². The normalized spacial score (nSPS) is 16.4. The van der Waals surface area contributed by atoms with Crippen molar-refractivity contribution in [3.8, 4) is 11.9 Å². The summed E-state index contributed by atoms with van der Waals surface area (Å²) < 4.78 is 5.13. The van der Waals surface area contributed by atoms with Crippen LogP contribution in [-0.4, -0.2) is 14.9 Å². The van der Waals surface area contributed by atoms with E-state index < -0.39 is 22.1 Å². The summed E-state index contributed by atoms with van der Waals surface area (Å²) in [6.45, 7) is 0. The number of hydrogen-bond donors (Lipinski definition) is 3. The minimum Gasteiger partial charge on any atom is -0.424 e. The Bertz CT molecular complexity index is 1010. The maximum Gasteiger partial charge on any atom is 0.328 e. The molecule has 23 heavy (non-hydrogen) atoms. The molecule has 0 unspecified atom stereocenters. The lowest BCUT2D eigenvalue weighted by Crippen LogP contribution is -2.33. The molecule has 1 aliphatic rings. The highest BCUT2D eigenvalue weighted by molar-refractivity contribution is 7.15. The van der Waals surface area contributed by atoms with Gasteiger partial charge in [-0.05, 0) is 6.07 Å². The molecule has 116 valence electrons. The summed E-state index contributed by atoms with van der Waals surface area (Å²) in [7, 11) is 0. The molecular weight excluding hydrogens is 326 g/mol. The van der Waals surface area contributed by atoms with Gasteiger partial charge in [0, 0.05) is 10.9 Å². The van der Waals surface area contributed by atoms with Gasteiger partial charge in [-0.1, -0.05) is 11.3 Å². The van der Waals surface area contributed by atoms with Crippen LogP contribution in [0.3, 0.4) is 0 Å². The summed E-state index contributed by atoms with van der Waals surface area (Å²) in [4.78, 5) is 38.4. The van der Waals surface area contributed by atoms with E-state index in [9.17, 15) is 25.0 Å². The molecule has 10 nitrogen and oxygen atoms in total. The standard InChI is InChI=1S/C12H7N5O5S/c13-3-4-7(5-1-2-6(23-5)17(20)21)8-10(18)15-12(19)16-11(8)22-9(4)14/h1-2,7H,14H2,(H2,15,16,18,19)/t7-/m0/s1. The highest BCUT2D eigenvalue weighted by atomic mass is 32.1. The van der Waals surface area contributed by atoms with Crippen molar-refractivity contribution in [2.75, 3.05) is 0 Å². The summed E-state index contributed by atoms with van der Waals surface area (Å²) in [6, 6.07) is 4.54. The maximum atomic E-state index is 12.1. The van der Waals surface area contributed by atoms with E-state index in [1.54, 1.807) is 0 Å². The Balaban J connectivity index is 2.29. The van der Waals surface area contributed by atoms with Gasteiger partial charge in [-0.25, -0.2) is 4.79 Å². The van der Waals surface area contributed by atoms with Gasteiger partial charge in [-0.3, -0.25) is 24.9 Å². The van der Waals surface area contributed by atoms with Crippen LogP contribution < -0.4 is 21.7 Å². The van der Waals surface area contributed by atoms with Crippen molar-refractivity contribution < 1.29 is 9.66 Å². The molecule has 0 fully saturated rings. The van der Waals surface area contributed by atoms with Crippen LogP contribution in [-0.2, 0) is 0 Å². The first-order valence-corrected chi connectivity index (χ1v) is 6.92. The Morgan fingerprint density at radius 1 is 1.39 bits per heavy atom. The van der Waals surface area contributed by atoms with Crippen LogP contribution in [0.5, 0.6) is 5.88 Å². The average molecular weight is 333 g/mol. The molecule has 2 aromatic heterocycles. The molecule has 0 saturated carbocycles. The molecule has 0 spiro atoms. The number of aromatic nitrogens is 2. The second kappa shape index (κ2) is 5.11. The smallest absolute Gasteiger partial charge is 0.328 e. The molecule has 3 heterocycles. The van der Waals surface area contributed by atoms with Crippen LogP contribution in [0.1, 0.15) is 16.4 Å². The quantitative estimate of drug-likeness (QED) is 0.522. The number of aromatic amines is 2. The van der Waals surface area contributed by atoms with E-state index in [1.165, 1.54) is 12.1 Å². The first kappa shape index (κ1) is 14.5. The number of H-pyrrole nitrogens is 2. The number of nitrogens with one attached hydrogen (secondary N) is 2. The summed E-state index contributed by atoms with van der Waals surface area (Å²) in [5.74, 6) is -1.42. The number of ether oxygens (including phenoxy) is 1. The predicted molar refractivity (Wildman–Crippen MR) is 78.0 cm³/mol. The van der Waals surface area contributed by atoms with Gasteiger partial charge in [0.25, 0.3) is 5.56 Å². The van der Waals surface area contributed by atoms with Crippen molar-refractivity contribution >= 4 is 16.3 Å². The fourth-order valence-electron chi connectivity index (χ4n) is 2.27. The van der Waals surface area contributed by atoms with Crippen LogP contribution >= 0.6 is 11.3 Å². The molecule has 0 saturated heterocycles. The second-order valence-electron chi connectivity index (χ2n) is 4.51. The SMILES string of the molecule is N#CC1=C(N)Oc2[nH]c(=O)[nH]c(=O)c2[C@@H]1c1ccc([N+](=O)[O-])s1. The average Bonchev–Trinajstić information content (AvgIpc) is 2.95. The zero-order valence-corrected chi connectivity index (χ0v) is 12.0. The Hall–Kier alpha value is -3.39. The van der Waals surface area contributed by atoms with Crippen LogP contribution in [0.25, 0.3) is 0 Å². The van der Waals surface area contributed by atoms with Gasteiger partial charge in [-0.15, -0.1) is 0 Å². The zero-order valence-electron chi connectivity index (χ0n) is 11.2. The van der Waals surface area contributed by atoms with Crippen LogP contribution in [0.4, 0.5) is 5.00 Å². The topological polar surface area (TPSA) is 168 Å². The molecular formula is C12H7N5O5S. The molecule has 0 aromatic carbocycles. The Morgan fingerprint density at radius 3 is 2.74 bits per heavy atom. The first-order valence-electron chi connectivity index (χ1n) is 6.10. The third-order valence-corrected chi connectivity index (χ3v) is 4.30. The summed E-state index contributed by atoms with van der Waals surface area (Å²) in [6.07, 6.45) is 0. The van der Waals surface area contributed by atoms with E-state index in [1.807, 2.05) is 11.1 Å². The van der Waals surface area contributed by atoms with E-state index in [4.69, 9.17) is 10.5 Å². The lowest BCUT2D eigenvalue weighted by Gasteiger charge is -2.23. The van der Waals surface area contributed by atoms with Crippen molar-refractivity contribution in [1.29, 1.82) is 5.26 Å². The fraction of sp³-hybridized carbons (Fsp3) is 0.0833. The number of nitro groups is 1. The van der Waals surface area contributed by atoms with Gasteiger partial charge in [0.05, 0.1) is 16.4 Å². The Morgan fingerprint density at radius 2 is 2.13 bits per heavy atom. The number of allylic oxidation sites excluding steroid dienone is 1. The van der Waals surface area contributed by atoms with Gasteiger partial charge >= 0.3 is 10.7 Å². The van der Waals surface area contributed by atoms with Gasteiger partial charge in [-0.2, -0.15) is 5.26 Å². The van der Waals surface area contributed by atoms with Crippen molar-refractivity contribution in [2.45, 2.75) is 5.92 Å². The third-order valence-electron chi connectivity index (χ3n) is 3.20. The number of hydrogen-bond acceptors (Lipinski definition) is 8. The third kappa shape index (κ3) is 2.27. The molecule has 0 radical (unpaired) electrons. The summed E-state index contributed by atoms with van der Waals surface area (Å²) in [5, 5.41) is 20.0. The Labute approximate surface area is 130 Å². The largest absolute Gasteiger partial charge is 0.424 e. The summed E-state index contributed by atoms with van der Waals surface area (Å²) in [5.41, 5.74) is 4.02. The van der Waals surface area contributed by atoms with E-state index >= 15 is 0 Å². The molecule has 0 bridgehead atoms. The van der Waals surface area contributed by atoms with Crippen molar-refractivity contribution in [3.63, 3.8) is 0 Å². The van der Waals surface area contributed by atoms with Gasteiger partial charge < -0.3 is 10.5 Å². The summed E-state index contributed by atoms with van der Waals surface area (Å²) >= 11 is 0.805. The van der Waals surface area contributed by atoms with E-state index in [2.05, 4.69) is 4.98 Å². The molecule has 1 atom stereocenters. The minimum absolute atomic E-state index is 0.0351. The molecule has 0 aliphatic carbocycles. The lowest BCUT2D eigenvalue weighted by molar-refractivity contribution is -0.380. The minimum atomic E-state index is -0.956. The van der Waals surface area contributed by atoms with Gasteiger partial charge in [0.15, 0.2) is 0 Å². The zero-order chi connectivity index (χ0) is 16.7. The van der Waals surface area contributed by atoms with Crippen molar-refractivity contribution in [2.24, 2.45) is 5.73 Å². The second-order valence-corrected chi connectivity index (χ2v) is 5.60. The maximum absolute atomic E-state index is 12.1. The number of rotatable bonds is 2.